The molecule has 1 rings (SSSR count). The van der Waals surface area contributed by atoms with E-state index >= 15 is 0 Å². The average molecular weight is 308 g/mol. The van der Waals surface area contributed by atoms with Crippen molar-refractivity contribution < 1.29 is 28.5 Å². The van der Waals surface area contributed by atoms with Gasteiger partial charge in [-0.15, -0.1) is 0 Å². The van der Waals surface area contributed by atoms with Gasteiger partial charge in [0, 0.05) is 0 Å². The molecule has 0 atom stereocenters. The van der Waals surface area contributed by atoms with E-state index in [4.69, 9.17) is 18.9 Å². The molecular weight excluding hydrogens is 288 g/mol. The van der Waals surface area contributed by atoms with Crippen LogP contribution in [-0.4, -0.2) is 38.9 Å². The lowest BCUT2D eigenvalue weighted by Gasteiger charge is -2.07. The molecule has 0 heterocycles. The van der Waals surface area contributed by atoms with E-state index in [1.54, 1.807) is 31.4 Å². The number of hydrogen-bond donors (Lipinski definition) is 0. The van der Waals surface area contributed by atoms with Crippen molar-refractivity contribution >= 4 is 11.9 Å². The van der Waals surface area contributed by atoms with E-state index < -0.39 is 11.9 Å². The maximum Gasteiger partial charge on any atom is 0.417 e. The Morgan fingerprint density at radius 1 is 1.05 bits per heavy atom. The van der Waals surface area contributed by atoms with Gasteiger partial charge in [-0.1, -0.05) is 24.3 Å². The first kappa shape index (κ1) is 17.7. The van der Waals surface area contributed by atoms with Gasteiger partial charge in [0.25, 0.3) is 0 Å². The zero-order chi connectivity index (χ0) is 16.4. The lowest BCUT2D eigenvalue weighted by Crippen LogP contribution is -2.22. The number of methoxy groups -OCH3 is 1. The van der Waals surface area contributed by atoms with Gasteiger partial charge in [-0.05, 0) is 24.6 Å². The van der Waals surface area contributed by atoms with Gasteiger partial charge in [-0.3, -0.25) is 0 Å². The van der Waals surface area contributed by atoms with E-state index in [0.29, 0.717) is 12.4 Å². The summed E-state index contributed by atoms with van der Waals surface area (Å²) >= 11 is 0. The molecule has 0 unspecified atom stereocenters. The minimum Gasteiger partial charge on any atom is -0.497 e. The second-order valence-corrected chi connectivity index (χ2v) is 4.57. The lowest BCUT2D eigenvalue weighted by molar-refractivity contribution is -0.169. The van der Waals surface area contributed by atoms with Gasteiger partial charge in [-0.25, -0.2) is 9.59 Å². The highest BCUT2D eigenvalue weighted by molar-refractivity contribution is 6.29. The number of rotatable bonds is 8. The molecule has 0 amide bonds. The molecule has 0 aromatic heterocycles. The van der Waals surface area contributed by atoms with E-state index in [2.05, 4.69) is 6.58 Å². The van der Waals surface area contributed by atoms with E-state index in [1.807, 2.05) is 6.92 Å². The van der Waals surface area contributed by atoms with Crippen molar-refractivity contribution in [1.29, 1.82) is 0 Å². The molecule has 0 saturated carbocycles. The predicted octanol–water partition coefficient (Wildman–Crippen LogP) is 1.87. The molecule has 120 valence electrons. The number of esters is 2. The first-order valence-electron chi connectivity index (χ1n) is 6.72. The molecule has 0 saturated heterocycles. The van der Waals surface area contributed by atoms with E-state index in [9.17, 15) is 9.59 Å². The second kappa shape index (κ2) is 9.57. The van der Waals surface area contributed by atoms with Crippen molar-refractivity contribution in [2.24, 2.45) is 0 Å². The van der Waals surface area contributed by atoms with Crippen LogP contribution < -0.4 is 4.74 Å². The minimum atomic E-state index is -1.03. The standard InChI is InChI=1S/C16H20O6/c1-12(2)10-20-8-9-21-15(17)16(18)22-11-13-4-6-14(19-3)7-5-13/h4-7H,1,8-11H2,2-3H3. The molecule has 0 aliphatic heterocycles. The Kier molecular flexibility index (Phi) is 7.70. The highest BCUT2D eigenvalue weighted by atomic mass is 16.6. The molecular formula is C16H20O6. The third kappa shape index (κ3) is 6.90. The molecule has 0 spiro atoms. The average Bonchev–Trinajstić information content (AvgIpc) is 2.52. The van der Waals surface area contributed by atoms with Crippen LogP contribution in [0.3, 0.4) is 0 Å². The number of ether oxygens (including phenoxy) is 4. The smallest absolute Gasteiger partial charge is 0.417 e. The van der Waals surface area contributed by atoms with Crippen LogP contribution in [0, 0.1) is 0 Å². The monoisotopic (exact) mass is 308 g/mol. The van der Waals surface area contributed by atoms with Crippen molar-refractivity contribution in [3.63, 3.8) is 0 Å². The normalized spacial score (nSPS) is 9.91. The minimum absolute atomic E-state index is 0.00983. The van der Waals surface area contributed by atoms with Crippen molar-refractivity contribution in [2.75, 3.05) is 26.9 Å². The van der Waals surface area contributed by atoms with Crippen LogP contribution in [-0.2, 0) is 30.4 Å². The molecule has 6 heteroatoms. The number of hydrogen-bond acceptors (Lipinski definition) is 6. The summed E-state index contributed by atoms with van der Waals surface area (Å²) in [6.45, 7) is 6.05. The van der Waals surface area contributed by atoms with Crippen LogP contribution >= 0.6 is 0 Å². The van der Waals surface area contributed by atoms with Gasteiger partial charge in [0.2, 0.25) is 0 Å². The van der Waals surface area contributed by atoms with Crippen LogP contribution in [0.25, 0.3) is 0 Å². The number of benzene rings is 1. The summed E-state index contributed by atoms with van der Waals surface area (Å²) in [4.78, 5) is 22.8. The van der Waals surface area contributed by atoms with Gasteiger partial charge < -0.3 is 18.9 Å². The van der Waals surface area contributed by atoms with Gasteiger partial charge in [0.05, 0.1) is 20.3 Å². The first-order valence-corrected chi connectivity index (χ1v) is 6.72. The summed E-state index contributed by atoms with van der Waals surface area (Å²) in [6, 6.07) is 6.95. The third-order valence-corrected chi connectivity index (χ3v) is 2.50. The van der Waals surface area contributed by atoms with E-state index in [0.717, 1.165) is 11.1 Å². The van der Waals surface area contributed by atoms with Crippen LogP contribution in [0.1, 0.15) is 12.5 Å². The highest BCUT2D eigenvalue weighted by Gasteiger charge is 2.17. The SMILES string of the molecule is C=C(C)COCCOC(=O)C(=O)OCc1ccc(OC)cc1. The Morgan fingerprint density at radius 2 is 1.68 bits per heavy atom. The van der Waals surface area contributed by atoms with Gasteiger partial charge in [0.1, 0.15) is 19.0 Å². The fourth-order valence-corrected chi connectivity index (χ4v) is 1.43. The summed E-state index contributed by atoms with van der Waals surface area (Å²) in [5.41, 5.74) is 1.61. The van der Waals surface area contributed by atoms with Crippen molar-refractivity contribution in [3.05, 3.63) is 42.0 Å². The maximum atomic E-state index is 11.4. The first-order chi connectivity index (χ1) is 10.5. The Labute approximate surface area is 129 Å². The van der Waals surface area contributed by atoms with Crippen LogP contribution in [0.15, 0.2) is 36.4 Å². The molecule has 0 N–H and O–H groups in total. The summed E-state index contributed by atoms with van der Waals surface area (Å²) < 4.78 is 19.7. The number of carbonyl (C=O) groups excluding carboxylic acids is 2. The molecule has 6 nitrogen and oxygen atoms in total. The van der Waals surface area contributed by atoms with Crippen LogP contribution in [0.4, 0.5) is 0 Å². The van der Waals surface area contributed by atoms with Gasteiger partial charge in [0.15, 0.2) is 0 Å². The fourth-order valence-electron chi connectivity index (χ4n) is 1.43. The molecule has 0 aliphatic carbocycles. The lowest BCUT2D eigenvalue weighted by atomic mass is 10.2. The number of carbonyl (C=O) groups is 2. The Bertz CT molecular complexity index is 506. The molecule has 1 aromatic carbocycles. The zero-order valence-corrected chi connectivity index (χ0v) is 12.8. The Balaban J connectivity index is 2.23. The summed E-state index contributed by atoms with van der Waals surface area (Å²) in [6.07, 6.45) is 0. The summed E-state index contributed by atoms with van der Waals surface area (Å²) in [7, 11) is 1.56. The molecule has 0 fully saturated rings. The summed E-state index contributed by atoms with van der Waals surface area (Å²) in [5.74, 6) is -1.37. The van der Waals surface area contributed by atoms with Crippen LogP contribution in [0.2, 0.25) is 0 Å². The maximum absolute atomic E-state index is 11.4. The molecule has 1 aromatic rings. The molecule has 0 bridgehead atoms. The van der Waals surface area contributed by atoms with Gasteiger partial charge in [-0.2, -0.15) is 0 Å². The fraction of sp³-hybridized carbons (Fsp3) is 0.375. The highest BCUT2D eigenvalue weighted by Crippen LogP contribution is 2.11. The topological polar surface area (TPSA) is 71.1 Å². The van der Waals surface area contributed by atoms with Crippen molar-refractivity contribution in [3.8, 4) is 5.75 Å². The zero-order valence-electron chi connectivity index (χ0n) is 12.8. The third-order valence-electron chi connectivity index (χ3n) is 2.50. The van der Waals surface area contributed by atoms with E-state index in [1.165, 1.54) is 0 Å². The molecule has 0 radical (unpaired) electrons. The summed E-state index contributed by atoms with van der Waals surface area (Å²) in [5, 5.41) is 0. The van der Waals surface area contributed by atoms with Gasteiger partial charge >= 0.3 is 11.9 Å². The van der Waals surface area contributed by atoms with E-state index in [-0.39, 0.29) is 19.8 Å². The molecule has 22 heavy (non-hydrogen) atoms. The second-order valence-electron chi connectivity index (χ2n) is 4.57. The predicted molar refractivity (Wildman–Crippen MR) is 79.4 cm³/mol. The quantitative estimate of drug-likeness (QED) is 0.316. The molecule has 0 aliphatic rings. The van der Waals surface area contributed by atoms with Crippen LogP contribution in [0.5, 0.6) is 5.75 Å². The Morgan fingerprint density at radius 3 is 2.27 bits per heavy atom. The van der Waals surface area contributed by atoms with Crippen molar-refractivity contribution in [1.82, 2.24) is 0 Å². The largest absolute Gasteiger partial charge is 0.497 e. The Hall–Kier alpha value is -2.34. The van der Waals surface area contributed by atoms with Crippen molar-refractivity contribution in [2.45, 2.75) is 13.5 Å².